The normalized spacial score (nSPS) is 27.8. The Labute approximate surface area is 130 Å². The molecule has 1 aromatic heterocycles. The number of thiophene rings is 1. The maximum Gasteiger partial charge on any atom is 0.241 e. The highest BCUT2D eigenvalue weighted by Gasteiger charge is 2.44. The van der Waals surface area contributed by atoms with E-state index < -0.39 is 0 Å². The summed E-state index contributed by atoms with van der Waals surface area (Å²) < 4.78 is 5.46. The molecule has 0 aromatic carbocycles. The molecule has 2 aliphatic rings. The Morgan fingerprint density at radius 1 is 1.33 bits per heavy atom. The molecule has 0 radical (unpaired) electrons. The zero-order valence-electron chi connectivity index (χ0n) is 13.0. The van der Waals surface area contributed by atoms with Gasteiger partial charge in [-0.1, -0.05) is 13.8 Å². The van der Waals surface area contributed by atoms with Crippen molar-refractivity contribution in [2.75, 3.05) is 13.2 Å². The largest absolute Gasteiger partial charge is 0.381 e. The zero-order chi connectivity index (χ0) is 15.0. The molecule has 1 aromatic rings. The quantitative estimate of drug-likeness (QED) is 0.933. The summed E-state index contributed by atoms with van der Waals surface area (Å²) >= 11 is 1.78. The first-order valence-electron chi connectivity index (χ1n) is 7.80. The van der Waals surface area contributed by atoms with E-state index in [9.17, 15) is 4.79 Å². The summed E-state index contributed by atoms with van der Waals surface area (Å²) in [4.78, 5) is 17.5. The van der Waals surface area contributed by atoms with E-state index in [1.165, 1.54) is 9.75 Å². The van der Waals surface area contributed by atoms with Crippen LogP contribution in [0.3, 0.4) is 0 Å². The fraction of sp³-hybridized carbons (Fsp3) is 0.688. The minimum Gasteiger partial charge on any atom is -0.381 e. The third-order valence-electron chi connectivity index (χ3n) is 4.42. The van der Waals surface area contributed by atoms with Gasteiger partial charge >= 0.3 is 0 Å². The Kier molecular flexibility index (Phi) is 4.33. The second-order valence-electron chi connectivity index (χ2n) is 6.33. The molecule has 5 heteroatoms. The van der Waals surface area contributed by atoms with Crippen molar-refractivity contribution >= 4 is 17.2 Å². The number of hydrogen-bond donors (Lipinski definition) is 1. The van der Waals surface area contributed by atoms with Crippen LogP contribution >= 0.6 is 11.3 Å². The molecule has 3 heterocycles. The molecule has 4 nitrogen and oxygen atoms in total. The van der Waals surface area contributed by atoms with Crippen molar-refractivity contribution in [3.8, 4) is 0 Å². The van der Waals surface area contributed by atoms with Crippen LogP contribution in [0.5, 0.6) is 0 Å². The Hall–Kier alpha value is -0.910. The summed E-state index contributed by atoms with van der Waals surface area (Å²) in [5.74, 6) is 0.568. The van der Waals surface area contributed by atoms with E-state index >= 15 is 0 Å². The Balaban J connectivity index is 1.89. The summed E-state index contributed by atoms with van der Waals surface area (Å²) in [6.45, 7) is 7.86. The molecule has 1 amide bonds. The fourth-order valence-electron chi connectivity index (χ4n) is 3.26. The molecule has 3 rings (SSSR count). The molecular weight excluding hydrogens is 284 g/mol. The van der Waals surface area contributed by atoms with Gasteiger partial charge < -0.3 is 9.64 Å². The predicted molar refractivity (Wildman–Crippen MR) is 84.2 cm³/mol. The van der Waals surface area contributed by atoms with Crippen LogP contribution in [-0.2, 0) is 9.53 Å². The van der Waals surface area contributed by atoms with Crippen molar-refractivity contribution in [3.63, 3.8) is 0 Å². The highest BCUT2D eigenvalue weighted by Crippen LogP contribution is 2.35. The van der Waals surface area contributed by atoms with Crippen molar-refractivity contribution in [1.82, 2.24) is 10.2 Å². The lowest BCUT2D eigenvalue weighted by Gasteiger charge is -2.34. The number of hydrogen-bond acceptors (Lipinski definition) is 4. The van der Waals surface area contributed by atoms with E-state index in [1.54, 1.807) is 11.3 Å². The van der Waals surface area contributed by atoms with Crippen molar-refractivity contribution in [2.24, 2.45) is 5.92 Å². The van der Waals surface area contributed by atoms with Crippen LogP contribution in [0, 0.1) is 12.8 Å². The van der Waals surface area contributed by atoms with E-state index in [1.807, 2.05) is 0 Å². The lowest BCUT2D eigenvalue weighted by molar-refractivity contribution is -0.134. The highest BCUT2D eigenvalue weighted by atomic mass is 32.1. The van der Waals surface area contributed by atoms with Crippen LogP contribution in [-0.4, -0.2) is 36.1 Å². The van der Waals surface area contributed by atoms with Gasteiger partial charge in [0, 0.05) is 29.0 Å². The van der Waals surface area contributed by atoms with Crippen molar-refractivity contribution in [3.05, 3.63) is 21.9 Å². The van der Waals surface area contributed by atoms with Gasteiger partial charge in [0.15, 0.2) is 0 Å². The van der Waals surface area contributed by atoms with Gasteiger partial charge in [0.1, 0.15) is 6.17 Å². The van der Waals surface area contributed by atoms with Crippen LogP contribution in [0.4, 0.5) is 0 Å². The average Bonchev–Trinajstić information content (AvgIpc) is 3.03. The van der Waals surface area contributed by atoms with E-state index in [0.29, 0.717) is 12.0 Å². The van der Waals surface area contributed by atoms with Gasteiger partial charge in [-0.25, -0.2) is 0 Å². The van der Waals surface area contributed by atoms with E-state index in [2.05, 4.69) is 43.1 Å². The standard InChI is InChI=1S/C16H24N2O2S/c1-10(2)14-16(19)18(12-6-8-20-9-7-12)15(17-14)13-5-4-11(3)21-13/h4-5,10,12,14-15,17H,6-9H2,1-3H3. The number of amides is 1. The third kappa shape index (κ3) is 2.87. The summed E-state index contributed by atoms with van der Waals surface area (Å²) in [5.41, 5.74) is 0. The Bertz CT molecular complexity index is 508. The summed E-state index contributed by atoms with van der Waals surface area (Å²) in [6, 6.07) is 4.52. The van der Waals surface area contributed by atoms with Crippen LogP contribution in [0.25, 0.3) is 0 Å². The number of ether oxygens (including phenoxy) is 1. The molecule has 2 fully saturated rings. The number of rotatable bonds is 3. The highest BCUT2D eigenvalue weighted by molar-refractivity contribution is 7.12. The molecule has 2 unspecified atom stereocenters. The van der Waals surface area contributed by atoms with Gasteiger partial charge in [0.25, 0.3) is 0 Å². The van der Waals surface area contributed by atoms with Crippen molar-refractivity contribution in [1.29, 1.82) is 0 Å². The first kappa shape index (κ1) is 15.0. The molecule has 2 saturated heterocycles. The maximum atomic E-state index is 12.9. The SMILES string of the molecule is Cc1ccc(C2NC(C(C)C)C(=O)N2C2CCOCC2)s1. The summed E-state index contributed by atoms with van der Waals surface area (Å²) in [5, 5.41) is 3.56. The van der Waals surface area contributed by atoms with Crippen LogP contribution < -0.4 is 5.32 Å². The Morgan fingerprint density at radius 2 is 2.05 bits per heavy atom. The van der Waals surface area contributed by atoms with Gasteiger partial charge in [0.05, 0.1) is 6.04 Å². The van der Waals surface area contributed by atoms with Gasteiger partial charge in [-0.2, -0.15) is 0 Å². The molecule has 0 aliphatic carbocycles. The molecule has 2 atom stereocenters. The molecule has 0 saturated carbocycles. The number of carbonyl (C=O) groups is 1. The lowest BCUT2D eigenvalue weighted by atomic mass is 10.0. The fourth-order valence-corrected chi connectivity index (χ4v) is 4.20. The number of carbonyl (C=O) groups excluding carboxylic acids is 1. The van der Waals surface area contributed by atoms with Crippen LogP contribution in [0.1, 0.15) is 42.6 Å². The number of nitrogens with zero attached hydrogens (tertiary/aromatic N) is 1. The molecule has 0 bridgehead atoms. The van der Waals surface area contributed by atoms with Crippen molar-refractivity contribution < 1.29 is 9.53 Å². The zero-order valence-corrected chi connectivity index (χ0v) is 13.8. The molecule has 2 aliphatic heterocycles. The van der Waals surface area contributed by atoms with Crippen LogP contribution in [0.15, 0.2) is 12.1 Å². The molecular formula is C16H24N2O2S. The predicted octanol–water partition coefficient (Wildman–Crippen LogP) is 2.69. The Morgan fingerprint density at radius 3 is 2.62 bits per heavy atom. The molecule has 0 spiro atoms. The smallest absolute Gasteiger partial charge is 0.241 e. The third-order valence-corrected chi connectivity index (χ3v) is 5.47. The monoisotopic (exact) mass is 308 g/mol. The molecule has 21 heavy (non-hydrogen) atoms. The van der Waals surface area contributed by atoms with Crippen LogP contribution in [0.2, 0.25) is 0 Å². The molecule has 1 N–H and O–H groups in total. The maximum absolute atomic E-state index is 12.9. The van der Waals surface area contributed by atoms with Gasteiger partial charge in [0.2, 0.25) is 5.91 Å². The minimum atomic E-state index is -0.0692. The summed E-state index contributed by atoms with van der Waals surface area (Å²) in [6.07, 6.45) is 1.92. The van der Waals surface area contributed by atoms with E-state index in [0.717, 1.165) is 26.1 Å². The number of aryl methyl sites for hydroxylation is 1. The lowest BCUT2D eigenvalue weighted by Crippen LogP contribution is -2.43. The van der Waals surface area contributed by atoms with E-state index in [-0.39, 0.29) is 18.1 Å². The topological polar surface area (TPSA) is 41.6 Å². The van der Waals surface area contributed by atoms with Crippen molar-refractivity contribution in [2.45, 2.75) is 51.9 Å². The molecule has 116 valence electrons. The second-order valence-corrected chi connectivity index (χ2v) is 7.65. The van der Waals surface area contributed by atoms with Gasteiger partial charge in [-0.3, -0.25) is 10.1 Å². The average molecular weight is 308 g/mol. The summed E-state index contributed by atoms with van der Waals surface area (Å²) in [7, 11) is 0. The van der Waals surface area contributed by atoms with Gasteiger partial charge in [-0.05, 0) is 37.8 Å². The first-order chi connectivity index (χ1) is 10.1. The number of nitrogens with one attached hydrogen (secondary N) is 1. The first-order valence-corrected chi connectivity index (χ1v) is 8.62. The van der Waals surface area contributed by atoms with Gasteiger partial charge in [-0.15, -0.1) is 11.3 Å². The second kappa shape index (κ2) is 6.07. The minimum absolute atomic E-state index is 0.0340. The van der Waals surface area contributed by atoms with E-state index in [4.69, 9.17) is 4.74 Å².